The molecule has 4 N–H and O–H groups in total. The van der Waals surface area contributed by atoms with E-state index < -0.39 is 0 Å². The van der Waals surface area contributed by atoms with Crippen LogP contribution in [0, 0.1) is 0 Å². The summed E-state index contributed by atoms with van der Waals surface area (Å²) >= 11 is 1.48. The Kier molecular flexibility index (Phi) is 7.47. The van der Waals surface area contributed by atoms with Crippen molar-refractivity contribution in [2.75, 3.05) is 36.8 Å². The highest BCUT2D eigenvalue weighted by Gasteiger charge is 2.02. The number of hydrogen-bond donors (Lipinski definition) is 3. The van der Waals surface area contributed by atoms with E-state index in [0.717, 1.165) is 38.4 Å². The molecule has 0 unspecified atom stereocenters. The van der Waals surface area contributed by atoms with E-state index in [1.165, 1.54) is 11.8 Å². The molecular weight excluding hydrogens is 250 g/mol. The second-order valence-corrected chi connectivity index (χ2v) is 4.44. The number of ether oxygens (including phenoxy) is 1. The lowest BCUT2D eigenvalue weighted by Crippen LogP contribution is -2.12. The highest BCUT2D eigenvalue weighted by Crippen LogP contribution is 2.16. The molecule has 1 aromatic heterocycles. The molecule has 6 nitrogen and oxygen atoms in total. The van der Waals surface area contributed by atoms with Gasteiger partial charge in [0.2, 0.25) is 0 Å². The third kappa shape index (κ3) is 5.52. The lowest BCUT2D eigenvalue weighted by Gasteiger charge is -2.08. The van der Waals surface area contributed by atoms with Crippen LogP contribution in [0.3, 0.4) is 0 Å². The first kappa shape index (κ1) is 15.0. The van der Waals surface area contributed by atoms with Crippen molar-refractivity contribution in [2.45, 2.75) is 24.9 Å². The zero-order chi connectivity index (χ0) is 13.2. The molecule has 102 valence electrons. The Labute approximate surface area is 112 Å². The maximum absolute atomic E-state index is 5.40. The topological polar surface area (TPSA) is 85.1 Å². The van der Waals surface area contributed by atoms with Crippen molar-refractivity contribution < 1.29 is 4.74 Å². The number of nitrogens with one attached hydrogen (secondary N) is 2. The maximum Gasteiger partial charge on any atom is 0.191 e. The van der Waals surface area contributed by atoms with Gasteiger partial charge in [-0.25, -0.2) is 15.8 Å². The molecule has 1 heterocycles. The molecule has 1 rings (SSSR count). The fourth-order valence-corrected chi connectivity index (χ4v) is 1.70. The second kappa shape index (κ2) is 8.96. The SMILES string of the molecule is CCCOCCCNc1cc(NN)nc(SC)n1. The molecule has 7 heteroatoms. The minimum atomic E-state index is 0.610. The average molecular weight is 271 g/mol. The largest absolute Gasteiger partial charge is 0.381 e. The van der Waals surface area contributed by atoms with Crippen LogP contribution in [0.1, 0.15) is 19.8 Å². The van der Waals surface area contributed by atoms with E-state index in [1.807, 2.05) is 6.26 Å². The van der Waals surface area contributed by atoms with Gasteiger partial charge < -0.3 is 15.5 Å². The number of anilines is 2. The first-order chi connectivity index (χ1) is 8.80. The summed E-state index contributed by atoms with van der Waals surface area (Å²) < 4.78 is 5.40. The smallest absolute Gasteiger partial charge is 0.191 e. The highest BCUT2D eigenvalue weighted by molar-refractivity contribution is 7.98. The van der Waals surface area contributed by atoms with Gasteiger partial charge in [0.1, 0.15) is 11.6 Å². The molecule has 1 aromatic rings. The zero-order valence-electron chi connectivity index (χ0n) is 10.9. The molecule has 0 fully saturated rings. The zero-order valence-corrected chi connectivity index (χ0v) is 11.7. The van der Waals surface area contributed by atoms with Crippen LogP contribution in [-0.2, 0) is 4.74 Å². The summed E-state index contributed by atoms with van der Waals surface area (Å²) in [7, 11) is 0. The lowest BCUT2D eigenvalue weighted by molar-refractivity contribution is 0.134. The molecule has 0 saturated heterocycles. The summed E-state index contributed by atoms with van der Waals surface area (Å²) in [5.74, 6) is 6.74. The summed E-state index contributed by atoms with van der Waals surface area (Å²) in [5, 5.41) is 3.92. The van der Waals surface area contributed by atoms with Crippen molar-refractivity contribution in [1.29, 1.82) is 0 Å². The molecular formula is C11H21N5OS. The highest BCUT2D eigenvalue weighted by atomic mass is 32.2. The van der Waals surface area contributed by atoms with Gasteiger partial charge in [-0.05, 0) is 19.1 Å². The number of thioether (sulfide) groups is 1. The van der Waals surface area contributed by atoms with E-state index in [1.54, 1.807) is 6.07 Å². The molecule has 0 aliphatic heterocycles. The minimum Gasteiger partial charge on any atom is -0.381 e. The van der Waals surface area contributed by atoms with Gasteiger partial charge in [-0.15, -0.1) is 0 Å². The maximum atomic E-state index is 5.40. The van der Waals surface area contributed by atoms with E-state index >= 15 is 0 Å². The van der Waals surface area contributed by atoms with E-state index in [-0.39, 0.29) is 0 Å². The van der Waals surface area contributed by atoms with Crippen LogP contribution in [0.25, 0.3) is 0 Å². The second-order valence-electron chi connectivity index (χ2n) is 3.66. The van der Waals surface area contributed by atoms with Gasteiger partial charge in [0.05, 0.1) is 0 Å². The van der Waals surface area contributed by atoms with Crippen molar-refractivity contribution in [3.8, 4) is 0 Å². The quantitative estimate of drug-likeness (QED) is 0.207. The van der Waals surface area contributed by atoms with E-state index in [2.05, 4.69) is 27.6 Å². The Morgan fingerprint density at radius 2 is 2.11 bits per heavy atom. The summed E-state index contributed by atoms with van der Waals surface area (Å²) in [6.07, 6.45) is 3.93. The van der Waals surface area contributed by atoms with Crippen molar-refractivity contribution in [1.82, 2.24) is 9.97 Å². The molecule has 0 spiro atoms. The number of hydrazine groups is 1. The summed E-state index contributed by atoms with van der Waals surface area (Å²) in [6.45, 7) is 4.51. The molecule has 0 atom stereocenters. The summed E-state index contributed by atoms with van der Waals surface area (Å²) in [6, 6.07) is 1.78. The number of aromatic nitrogens is 2. The third-order valence-corrected chi connectivity index (χ3v) is 2.70. The Morgan fingerprint density at radius 3 is 2.78 bits per heavy atom. The van der Waals surface area contributed by atoms with Crippen LogP contribution >= 0.6 is 11.8 Å². The van der Waals surface area contributed by atoms with Crippen molar-refractivity contribution in [3.63, 3.8) is 0 Å². The predicted octanol–water partition coefficient (Wildman–Crippen LogP) is 1.71. The molecule has 18 heavy (non-hydrogen) atoms. The van der Waals surface area contributed by atoms with Gasteiger partial charge in [0.15, 0.2) is 5.16 Å². The number of nitrogen functional groups attached to an aromatic ring is 1. The number of nitrogens with zero attached hydrogens (tertiary/aromatic N) is 2. The number of hydrogen-bond acceptors (Lipinski definition) is 7. The van der Waals surface area contributed by atoms with Gasteiger partial charge in [-0.3, -0.25) is 0 Å². The van der Waals surface area contributed by atoms with Crippen molar-refractivity contribution in [2.24, 2.45) is 5.84 Å². The van der Waals surface area contributed by atoms with Crippen molar-refractivity contribution >= 4 is 23.4 Å². The fourth-order valence-electron chi connectivity index (χ4n) is 1.32. The Morgan fingerprint density at radius 1 is 1.33 bits per heavy atom. The average Bonchev–Trinajstić information content (AvgIpc) is 2.42. The Bertz CT molecular complexity index is 328. The van der Waals surface area contributed by atoms with Gasteiger partial charge in [-0.1, -0.05) is 18.7 Å². The normalized spacial score (nSPS) is 10.4. The first-order valence-corrected chi connectivity index (χ1v) is 7.24. The van der Waals surface area contributed by atoms with Crippen LogP contribution in [0.2, 0.25) is 0 Å². The van der Waals surface area contributed by atoms with Gasteiger partial charge in [0.25, 0.3) is 0 Å². The molecule has 0 aromatic carbocycles. The summed E-state index contributed by atoms with van der Waals surface area (Å²) in [4.78, 5) is 8.53. The standard InChI is InChI=1S/C11H21N5OS/c1-3-6-17-7-4-5-13-9-8-10(16-12)15-11(14-9)18-2/h8H,3-7,12H2,1-2H3,(H2,13,14,15,16). The van der Waals surface area contributed by atoms with Crippen LogP contribution in [0.4, 0.5) is 11.6 Å². The fraction of sp³-hybridized carbons (Fsp3) is 0.636. The lowest BCUT2D eigenvalue weighted by atomic mass is 10.4. The Hall–Kier alpha value is -1.05. The van der Waals surface area contributed by atoms with Gasteiger partial charge in [0, 0.05) is 25.8 Å². The molecule has 0 bridgehead atoms. The molecule has 0 aliphatic carbocycles. The molecule has 0 radical (unpaired) electrons. The monoisotopic (exact) mass is 271 g/mol. The summed E-state index contributed by atoms with van der Waals surface area (Å²) in [5.41, 5.74) is 2.53. The predicted molar refractivity (Wildman–Crippen MR) is 75.8 cm³/mol. The van der Waals surface area contributed by atoms with E-state index in [4.69, 9.17) is 10.6 Å². The van der Waals surface area contributed by atoms with E-state index in [9.17, 15) is 0 Å². The van der Waals surface area contributed by atoms with Crippen molar-refractivity contribution in [3.05, 3.63) is 6.07 Å². The minimum absolute atomic E-state index is 0.610. The van der Waals surface area contributed by atoms with E-state index in [0.29, 0.717) is 11.0 Å². The van der Waals surface area contributed by atoms with Gasteiger partial charge in [-0.2, -0.15) is 0 Å². The molecule has 0 amide bonds. The van der Waals surface area contributed by atoms with Crippen LogP contribution in [0.5, 0.6) is 0 Å². The first-order valence-electron chi connectivity index (χ1n) is 6.01. The molecule has 0 saturated carbocycles. The number of rotatable bonds is 9. The number of nitrogens with two attached hydrogens (primary N) is 1. The van der Waals surface area contributed by atoms with Gasteiger partial charge >= 0.3 is 0 Å². The van der Waals surface area contributed by atoms with Crippen LogP contribution < -0.4 is 16.6 Å². The Balaban J connectivity index is 2.36. The molecule has 0 aliphatic rings. The van der Waals surface area contributed by atoms with Crippen LogP contribution in [0.15, 0.2) is 11.2 Å². The van der Waals surface area contributed by atoms with Crippen LogP contribution in [-0.4, -0.2) is 36.0 Å². The third-order valence-electron chi connectivity index (χ3n) is 2.16.